The summed E-state index contributed by atoms with van der Waals surface area (Å²) in [5.41, 5.74) is 4.84. The van der Waals surface area contributed by atoms with E-state index in [-0.39, 0.29) is 11.4 Å². The highest BCUT2D eigenvalue weighted by atomic mass is 19.4. The minimum Gasteiger partial charge on any atom is -0.475 e. The Morgan fingerprint density at radius 3 is 2.66 bits per heavy atom. The number of aliphatic carboxylic acids is 1. The van der Waals surface area contributed by atoms with Gasteiger partial charge >= 0.3 is 12.1 Å². The van der Waals surface area contributed by atoms with Crippen molar-refractivity contribution in [1.82, 2.24) is 35.8 Å². The van der Waals surface area contributed by atoms with E-state index in [1.807, 2.05) is 25.1 Å². The van der Waals surface area contributed by atoms with Crippen LogP contribution in [0.3, 0.4) is 0 Å². The lowest BCUT2D eigenvalue weighted by molar-refractivity contribution is -0.192. The number of nitrogens with zero attached hydrogens (tertiary/aromatic N) is 3. The molecule has 1 unspecified atom stereocenters. The molecule has 10 nitrogen and oxygen atoms in total. The quantitative estimate of drug-likeness (QED) is 0.297. The largest absolute Gasteiger partial charge is 0.490 e. The van der Waals surface area contributed by atoms with Gasteiger partial charge in [0.1, 0.15) is 16.9 Å². The van der Waals surface area contributed by atoms with Crippen molar-refractivity contribution in [1.29, 1.82) is 0 Å². The maximum Gasteiger partial charge on any atom is 0.490 e. The molecule has 1 saturated heterocycles. The molecular weight excluding hydrogens is 467 g/mol. The number of H-pyrrole nitrogens is 2. The van der Waals surface area contributed by atoms with Gasteiger partial charge in [-0.25, -0.2) is 14.8 Å². The Morgan fingerprint density at radius 1 is 1.26 bits per heavy atom. The number of carboxylic acids is 1. The van der Waals surface area contributed by atoms with E-state index in [4.69, 9.17) is 14.9 Å². The van der Waals surface area contributed by atoms with Crippen LogP contribution in [0.4, 0.5) is 13.2 Å². The van der Waals surface area contributed by atoms with Crippen LogP contribution in [0.25, 0.3) is 33.5 Å². The van der Waals surface area contributed by atoms with E-state index in [9.17, 15) is 18.0 Å². The van der Waals surface area contributed by atoms with Crippen LogP contribution in [0.2, 0.25) is 0 Å². The molecule has 0 saturated carbocycles. The maximum atomic E-state index is 12.9. The summed E-state index contributed by atoms with van der Waals surface area (Å²) in [4.78, 5) is 34.0. The molecule has 0 bridgehead atoms. The second kappa shape index (κ2) is 8.98. The number of halogens is 3. The summed E-state index contributed by atoms with van der Waals surface area (Å²) in [6, 6.07) is 6.11. The molecule has 13 heteroatoms. The van der Waals surface area contributed by atoms with Crippen molar-refractivity contribution >= 4 is 33.9 Å². The van der Waals surface area contributed by atoms with Crippen LogP contribution < -0.4 is 10.6 Å². The minimum absolute atomic E-state index is 0.147. The van der Waals surface area contributed by atoms with Gasteiger partial charge in [0.05, 0.1) is 22.8 Å². The zero-order valence-corrected chi connectivity index (χ0v) is 18.7. The van der Waals surface area contributed by atoms with Gasteiger partial charge in [0.25, 0.3) is 5.91 Å². The number of alkyl halides is 3. The van der Waals surface area contributed by atoms with Gasteiger partial charge in [0.2, 0.25) is 0 Å². The third-order valence-corrected chi connectivity index (χ3v) is 5.61. The summed E-state index contributed by atoms with van der Waals surface area (Å²) in [6.07, 6.45) is -0.837. The van der Waals surface area contributed by atoms with Crippen LogP contribution in [0, 0.1) is 6.92 Å². The molecule has 1 amide bonds. The molecule has 1 atom stereocenters. The van der Waals surface area contributed by atoms with E-state index in [2.05, 4.69) is 37.7 Å². The van der Waals surface area contributed by atoms with Crippen molar-refractivity contribution in [3.8, 4) is 11.4 Å². The van der Waals surface area contributed by atoms with E-state index in [0.29, 0.717) is 22.4 Å². The summed E-state index contributed by atoms with van der Waals surface area (Å²) < 4.78 is 31.7. The van der Waals surface area contributed by atoms with Gasteiger partial charge in [-0.15, -0.1) is 0 Å². The van der Waals surface area contributed by atoms with Gasteiger partial charge in [-0.3, -0.25) is 9.89 Å². The van der Waals surface area contributed by atoms with E-state index < -0.39 is 12.1 Å². The molecule has 0 radical (unpaired) electrons. The molecule has 0 aliphatic carbocycles. The first kappa shape index (κ1) is 24.1. The Hall–Kier alpha value is -4.00. The van der Waals surface area contributed by atoms with Gasteiger partial charge < -0.3 is 20.7 Å². The number of hydrogen-bond donors (Lipinski definition) is 5. The molecule has 5 rings (SSSR count). The van der Waals surface area contributed by atoms with Gasteiger partial charge in [-0.05, 0) is 38.4 Å². The van der Waals surface area contributed by atoms with Crippen molar-refractivity contribution < 1.29 is 27.9 Å². The fraction of sp³-hybridized carbons (Fsp3) is 0.318. The number of nitrogens with one attached hydrogen (secondary N) is 4. The van der Waals surface area contributed by atoms with Crippen LogP contribution in [0.5, 0.6) is 0 Å². The average Bonchev–Trinajstić information content (AvgIpc) is 3.50. The standard InChI is InChI=1S/C20H21N7O.C2HF3O2/c1-11-3-4-12-14(7-11)26-27-16(12)15-9-23-18-17(24-15)13(8-22-18)19(28)25-20(2)5-6-21-10-20;3-2(4,5)1(6)7/h3-4,7-9,21H,5-6,10H2,1-2H3,(H,22,23)(H,25,28)(H,26,27);(H,6,7). The van der Waals surface area contributed by atoms with Crippen LogP contribution in [0.1, 0.15) is 29.3 Å². The fourth-order valence-electron chi connectivity index (χ4n) is 3.77. The summed E-state index contributed by atoms with van der Waals surface area (Å²) >= 11 is 0. The van der Waals surface area contributed by atoms with Crippen molar-refractivity contribution in [3.05, 3.63) is 41.7 Å². The maximum absolute atomic E-state index is 12.9. The van der Waals surface area contributed by atoms with Crippen molar-refractivity contribution in [3.63, 3.8) is 0 Å². The summed E-state index contributed by atoms with van der Waals surface area (Å²) in [6.45, 7) is 5.75. The lowest BCUT2D eigenvalue weighted by atomic mass is 10.0. The zero-order chi connectivity index (χ0) is 25.4. The summed E-state index contributed by atoms with van der Waals surface area (Å²) in [5.74, 6) is -2.90. The molecule has 5 N–H and O–H groups in total. The third-order valence-electron chi connectivity index (χ3n) is 5.61. The highest BCUT2D eigenvalue weighted by molar-refractivity contribution is 6.05. The first-order valence-electron chi connectivity index (χ1n) is 10.6. The highest BCUT2D eigenvalue weighted by Gasteiger charge is 2.38. The predicted molar refractivity (Wildman–Crippen MR) is 121 cm³/mol. The molecule has 1 fully saturated rings. The summed E-state index contributed by atoms with van der Waals surface area (Å²) in [5, 5.41) is 22.0. The number of rotatable bonds is 3. The van der Waals surface area contributed by atoms with Crippen LogP contribution in [-0.4, -0.2) is 66.9 Å². The smallest absolute Gasteiger partial charge is 0.475 e. The van der Waals surface area contributed by atoms with Crippen molar-refractivity contribution in [2.45, 2.75) is 32.0 Å². The number of carboxylic acid groups (broad SMARTS) is 1. The highest BCUT2D eigenvalue weighted by Crippen LogP contribution is 2.27. The Bertz CT molecular complexity index is 1400. The third kappa shape index (κ3) is 5.09. The molecule has 1 aliphatic heterocycles. The number of aryl methyl sites for hydroxylation is 1. The first-order valence-corrected chi connectivity index (χ1v) is 10.6. The number of benzene rings is 1. The Balaban J connectivity index is 0.000000364. The molecule has 184 valence electrons. The molecule has 4 aromatic rings. The number of fused-ring (bicyclic) bond motifs is 2. The van der Waals surface area contributed by atoms with Gasteiger partial charge in [-0.2, -0.15) is 18.3 Å². The van der Waals surface area contributed by atoms with Gasteiger partial charge in [0, 0.05) is 18.1 Å². The molecule has 1 aliphatic rings. The Morgan fingerprint density at radius 2 is 2.00 bits per heavy atom. The summed E-state index contributed by atoms with van der Waals surface area (Å²) in [7, 11) is 0. The fourth-order valence-corrected chi connectivity index (χ4v) is 3.77. The Labute approximate surface area is 196 Å². The van der Waals surface area contributed by atoms with E-state index >= 15 is 0 Å². The van der Waals surface area contributed by atoms with E-state index in [1.54, 1.807) is 12.4 Å². The van der Waals surface area contributed by atoms with Gasteiger partial charge in [0.15, 0.2) is 5.65 Å². The van der Waals surface area contributed by atoms with E-state index in [0.717, 1.165) is 41.7 Å². The van der Waals surface area contributed by atoms with Crippen molar-refractivity contribution in [2.75, 3.05) is 13.1 Å². The number of aromatic amines is 2. The molecule has 35 heavy (non-hydrogen) atoms. The molecule has 4 heterocycles. The number of hydrogen-bond acceptors (Lipinski definition) is 6. The molecular formula is C22H22F3N7O3. The predicted octanol–water partition coefficient (Wildman–Crippen LogP) is 2.92. The van der Waals surface area contributed by atoms with Crippen molar-refractivity contribution in [2.24, 2.45) is 0 Å². The molecule has 3 aromatic heterocycles. The Kier molecular flexibility index (Phi) is 6.19. The first-order chi connectivity index (χ1) is 16.5. The average molecular weight is 489 g/mol. The topological polar surface area (TPSA) is 149 Å². The van der Waals surface area contributed by atoms with Gasteiger partial charge in [-0.1, -0.05) is 12.1 Å². The van der Waals surface area contributed by atoms with Crippen LogP contribution in [0.15, 0.2) is 30.6 Å². The second-order valence-electron chi connectivity index (χ2n) is 8.52. The lowest BCUT2D eigenvalue weighted by Crippen LogP contribution is -2.47. The van der Waals surface area contributed by atoms with Crippen LogP contribution >= 0.6 is 0 Å². The SMILES string of the molecule is Cc1ccc2c(-c3cnc4[nH]cc(C(=O)NC5(C)CCNC5)c4n3)n[nH]c2c1.O=C(O)C(F)(F)F. The number of aromatic nitrogens is 5. The second-order valence-corrected chi connectivity index (χ2v) is 8.52. The molecule has 1 aromatic carbocycles. The van der Waals surface area contributed by atoms with E-state index in [1.165, 1.54) is 0 Å². The normalized spacial score (nSPS) is 17.9. The number of carbonyl (C=O) groups is 2. The lowest BCUT2D eigenvalue weighted by Gasteiger charge is -2.24. The minimum atomic E-state index is -5.08. The molecule has 0 spiro atoms. The van der Waals surface area contributed by atoms with Crippen LogP contribution in [-0.2, 0) is 4.79 Å². The number of carbonyl (C=O) groups excluding carboxylic acids is 1. The number of amides is 1. The zero-order valence-electron chi connectivity index (χ0n) is 18.7. The monoisotopic (exact) mass is 489 g/mol.